The molecule has 2 heterocycles. The second-order valence-corrected chi connectivity index (χ2v) is 10.2. The van der Waals surface area contributed by atoms with Crippen LogP contribution in [0.1, 0.15) is 22.9 Å². The van der Waals surface area contributed by atoms with Crippen LogP contribution in [0.25, 0.3) is 0 Å². The molecule has 1 saturated heterocycles. The third-order valence-corrected chi connectivity index (χ3v) is 7.61. The number of hydrogen-bond donors (Lipinski definition) is 3. The Morgan fingerprint density at radius 1 is 0.762 bits per heavy atom. The molecule has 1 aromatic heterocycles. The zero-order valence-electron chi connectivity index (χ0n) is 22.7. The Hall–Kier alpha value is -4.76. The molecule has 4 atom stereocenters. The first-order valence-corrected chi connectivity index (χ1v) is 13.8. The van der Waals surface area contributed by atoms with E-state index in [0.29, 0.717) is 0 Å². The molecule has 5 aromatic rings. The fraction of sp³-hybridized carbons (Fsp3) is 0.176. The van der Waals surface area contributed by atoms with E-state index < -0.39 is 41.3 Å². The van der Waals surface area contributed by atoms with E-state index in [1.807, 2.05) is 121 Å². The molecule has 1 aliphatic rings. The number of aliphatic hydroxyl groups is 1. The monoisotopic (exact) mass is 561 g/mol. The molecule has 0 spiro atoms. The van der Waals surface area contributed by atoms with Crippen molar-refractivity contribution in [1.29, 1.82) is 0 Å². The van der Waals surface area contributed by atoms with Crippen LogP contribution in [0.15, 0.2) is 143 Å². The third kappa shape index (κ3) is 5.31. The van der Waals surface area contributed by atoms with Crippen molar-refractivity contribution in [2.75, 3.05) is 11.9 Å². The second-order valence-electron chi connectivity index (χ2n) is 10.2. The van der Waals surface area contributed by atoms with Crippen LogP contribution in [0.5, 0.6) is 0 Å². The lowest BCUT2D eigenvalue weighted by Gasteiger charge is -2.37. The van der Waals surface area contributed by atoms with Gasteiger partial charge in [0, 0.05) is 18.0 Å². The highest BCUT2D eigenvalue weighted by atomic mass is 16.6. The Morgan fingerprint density at radius 3 is 1.76 bits per heavy atom. The number of benzene rings is 4. The minimum atomic E-state index is -1.14. The summed E-state index contributed by atoms with van der Waals surface area (Å²) in [6.07, 6.45) is -1.54. The maximum Gasteiger partial charge on any atom is 0.330 e. The lowest BCUT2D eigenvalue weighted by molar-refractivity contribution is -0.0880. The van der Waals surface area contributed by atoms with Gasteiger partial charge in [0.25, 0.3) is 5.56 Å². The smallest absolute Gasteiger partial charge is 0.330 e. The van der Waals surface area contributed by atoms with Gasteiger partial charge in [-0.1, -0.05) is 109 Å². The van der Waals surface area contributed by atoms with Crippen LogP contribution in [0.2, 0.25) is 0 Å². The van der Waals surface area contributed by atoms with Crippen LogP contribution < -0.4 is 16.6 Å². The molecule has 6 rings (SSSR count). The number of aromatic amines is 1. The van der Waals surface area contributed by atoms with E-state index in [1.165, 1.54) is 16.8 Å². The van der Waals surface area contributed by atoms with Gasteiger partial charge in [-0.2, -0.15) is 0 Å². The van der Waals surface area contributed by atoms with Crippen LogP contribution >= 0.6 is 0 Å². The molecule has 3 N–H and O–H groups in total. The molecule has 1 fully saturated rings. The fourth-order valence-corrected chi connectivity index (χ4v) is 5.62. The Balaban J connectivity index is 1.41. The standard InChI is InChI=1S/C34H31N3O5/c38-29-21-22-37(33(40)36-29)32-31(39)30(35-27-19-11-4-12-20-27)28(42-32)23-41-34(24-13-5-1-6-14-24,25-15-7-2-8-16-25)26-17-9-3-10-18-26/h1-22,28,30-32,35,39H,23H2,(H,36,38,40)/t28-,30-,31+,32-/m1/s1. The molecule has 0 bridgehead atoms. The van der Waals surface area contributed by atoms with Gasteiger partial charge < -0.3 is 19.9 Å². The number of nitrogens with zero attached hydrogens (tertiary/aromatic N) is 1. The normalized spacial score (nSPS) is 20.3. The average Bonchev–Trinajstić information content (AvgIpc) is 3.34. The molecule has 0 amide bonds. The SMILES string of the molecule is O=c1ccn([C@@H]2O[C@H](COC(c3ccccc3)(c3ccccc3)c3ccccc3)[C@@H](Nc3ccccc3)[C@@H]2O)c(=O)[nH]1. The highest BCUT2D eigenvalue weighted by Gasteiger charge is 2.47. The van der Waals surface area contributed by atoms with Crippen molar-refractivity contribution in [3.8, 4) is 0 Å². The van der Waals surface area contributed by atoms with Gasteiger partial charge in [-0.15, -0.1) is 0 Å². The average molecular weight is 562 g/mol. The van der Waals surface area contributed by atoms with E-state index in [1.54, 1.807) is 0 Å². The summed E-state index contributed by atoms with van der Waals surface area (Å²) in [5, 5.41) is 14.9. The molecular weight excluding hydrogens is 530 g/mol. The molecule has 0 radical (unpaired) electrons. The van der Waals surface area contributed by atoms with Crippen molar-refractivity contribution in [1.82, 2.24) is 9.55 Å². The summed E-state index contributed by atoms with van der Waals surface area (Å²) < 4.78 is 14.6. The Labute approximate surface area is 242 Å². The van der Waals surface area contributed by atoms with Gasteiger partial charge in [-0.25, -0.2) is 4.79 Å². The molecule has 0 unspecified atom stereocenters. The molecule has 212 valence electrons. The first-order chi connectivity index (χ1) is 20.6. The van der Waals surface area contributed by atoms with E-state index in [-0.39, 0.29) is 6.61 Å². The molecule has 8 nitrogen and oxygen atoms in total. The Bertz CT molecular complexity index is 1610. The molecule has 42 heavy (non-hydrogen) atoms. The summed E-state index contributed by atoms with van der Waals surface area (Å²) in [4.78, 5) is 26.6. The molecule has 1 aliphatic heterocycles. The van der Waals surface area contributed by atoms with Crippen molar-refractivity contribution < 1.29 is 14.6 Å². The summed E-state index contributed by atoms with van der Waals surface area (Å²) in [7, 11) is 0. The molecular formula is C34H31N3O5. The number of aliphatic hydroxyl groups excluding tert-OH is 1. The van der Waals surface area contributed by atoms with E-state index in [9.17, 15) is 14.7 Å². The second kappa shape index (κ2) is 12.0. The third-order valence-electron chi connectivity index (χ3n) is 7.61. The van der Waals surface area contributed by atoms with Gasteiger partial charge in [-0.05, 0) is 28.8 Å². The summed E-state index contributed by atoms with van der Waals surface area (Å²) in [5.41, 5.74) is 1.39. The maximum atomic E-state index is 12.7. The van der Waals surface area contributed by atoms with E-state index >= 15 is 0 Å². The van der Waals surface area contributed by atoms with Crippen LogP contribution in [-0.4, -0.2) is 39.5 Å². The van der Waals surface area contributed by atoms with Gasteiger partial charge in [0.2, 0.25) is 0 Å². The summed E-state index contributed by atoms with van der Waals surface area (Å²) >= 11 is 0. The van der Waals surface area contributed by atoms with E-state index in [0.717, 1.165) is 22.4 Å². The highest BCUT2D eigenvalue weighted by Crippen LogP contribution is 2.42. The summed E-state index contributed by atoms with van der Waals surface area (Å²) in [6, 6.07) is 40.1. The number of hydrogen-bond acceptors (Lipinski definition) is 6. The van der Waals surface area contributed by atoms with Crippen LogP contribution in [0.4, 0.5) is 5.69 Å². The van der Waals surface area contributed by atoms with Crippen molar-refractivity contribution in [3.05, 3.63) is 171 Å². The van der Waals surface area contributed by atoms with Gasteiger partial charge in [0.05, 0.1) is 12.6 Å². The van der Waals surface area contributed by atoms with Gasteiger partial charge in [-0.3, -0.25) is 14.3 Å². The predicted molar refractivity (Wildman–Crippen MR) is 160 cm³/mol. The van der Waals surface area contributed by atoms with Crippen molar-refractivity contribution in [2.45, 2.75) is 30.1 Å². The molecule has 0 aliphatic carbocycles. The minimum Gasteiger partial charge on any atom is -0.386 e. The predicted octanol–water partition coefficient (Wildman–Crippen LogP) is 4.28. The Kier molecular flexibility index (Phi) is 7.83. The summed E-state index contributed by atoms with van der Waals surface area (Å²) in [6.45, 7) is 0.0643. The first-order valence-electron chi connectivity index (χ1n) is 13.8. The number of anilines is 1. The van der Waals surface area contributed by atoms with E-state index in [4.69, 9.17) is 9.47 Å². The van der Waals surface area contributed by atoms with Crippen molar-refractivity contribution in [3.63, 3.8) is 0 Å². The summed E-state index contributed by atoms with van der Waals surface area (Å²) in [5.74, 6) is 0. The highest BCUT2D eigenvalue weighted by molar-refractivity contribution is 5.48. The largest absolute Gasteiger partial charge is 0.386 e. The van der Waals surface area contributed by atoms with Crippen molar-refractivity contribution >= 4 is 5.69 Å². The quantitative estimate of drug-likeness (QED) is 0.232. The zero-order chi connectivity index (χ0) is 28.9. The lowest BCUT2D eigenvalue weighted by Crippen LogP contribution is -2.43. The van der Waals surface area contributed by atoms with Crippen molar-refractivity contribution in [2.24, 2.45) is 0 Å². The molecule has 0 saturated carbocycles. The minimum absolute atomic E-state index is 0.0643. The number of rotatable bonds is 9. The number of aromatic nitrogens is 2. The molecule has 8 heteroatoms. The zero-order valence-corrected chi connectivity index (χ0v) is 22.7. The van der Waals surface area contributed by atoms with E-state index in [2.05, 4.69) is 10.3 Å². The molecule has 4 aromatic carbocycles. The number of H-pyrrole nitrogens is 1. The number of ether oxygens (including phenoxy) is 2. The fourth-order valence-electron chi connectivity index (χ4n) is 5.62. The number of nitrogens with one attached hydrogen (secondary N) is 2. The number of para-hydroxylation sites is 1. The first kappa shape index (κ1) is 27.4. The lowest BCUT2D eigenvalue weighted by atomic mass is 9.80. The van der Waals surface area contributed by atoms with Gasteiger partial charge in [0.15, 0.2) is 6.23 Å². The van der Waals surface area contributed by atoms with Gasteiger partial charge >= 0.3 is 5.69 Å². The maximum absolute atomic E-state index is 12.7. The Morgan fingerprint density at radius 2 is 1.26 bits per heavy atom. The van der Waals surface area contributed by atoms with Gasteiger partial charge in [0.1, 0.15) is 17.8 Å². The van der Waals surface area contributed by atoms with Crippen LogP contribution in [0.3, 0.4) is 0 Å². The topological polar surface area (TPSA) is 106 Å². The van der Waals surface area contributed by atoms with Crippen LogP contribution in [0, 0.1) is 0 Å². The van der Waals surface area contributed by atoms with Crippen LogP contribution in [-0.2, 0) is 15.1 Å².